The molecule has 27 heavy (non-hydrogen) atoms. The van der Waals surface area contributed by atoms with Crippen LogP contribution in [-0.4, -0.2) is 33.0 Å². The van der Waals surface area contributed by atoms with E-state index in [9.17, 15) is 9.18 Å². The fraction of sp³-hybridized carbons (Fsp3) is 0.211. The molecule has 6 nitrogen and oxygen atoms in total. The van der Waals surface area contributed by atoms with E-state index >= 15 is 0 Å². The third kappa shape index (κ3) is 4.28. The van der Waals surface area contributed by atoms with Gasteiger partial charge >= 0.3 is 0 Å². The number of amides is 1. The first-order chi connectivity index (χ1) is 13.0. The predicted molar refractivity (Wildman–Crippen MR) is 103 cm³/mol. The molecule has 140 valence electrons. The van der Waals surface area contributed by atoms with Crippen LogP contribution in [0.1, 0.15) is 12.5 Å². The maximum Gasteiger partial charge on any atom is 0.237 e. The molecule has 1 amide bonds. The topological polar surface area (TPSA) is 69.0 Å². The van der Waals surface area contributed by atoms with E-state index in [1.807, 2.05) is 24.3 Å². The van der Waals surface area contributed by atoms with Gasteiger partial charge < -0.3 is 10.1 Å². The van der Waals surface area contributed by atoms with E-state index in [-0.39, 0.29) is 11.7 Å². The third-order valence-corrected chi connectivity index (χ3v) is 5.01. The minimum atomic E-state index is -0.466. The van der Waals surface area contributed by atoms with Gasteiger partial charge in [0.15, 0.2) is 5.16 Å². The molecule has 0 saturated heterocycles. The molecule has 0 radical (unpaired) electrons. The first kappa shape index (κ1) is 18.9. The van der Waals surface area contributed by atoms with Gasteiger partial charge in [-0.3, -0.25) is 9.36 Å². The summed E-state index contributed by atoms with van der Waals surface area (Å²) in [7, 11) is 1.59. The first-order valence-electron chi connectivity index (χ1n) is 8.26. The van der Waals surface area contributed by atoms with E-state index in [4.69, 9.17) is 4.74 Å². The predicted octanol–water partition coefficient (Wildman–Crippen LogP) is 3.84. The molecular formula is C19H19FN4O2S. The van der Waals surface area contributed by atoms with E-state index in [1.54, 1.807) is 44.0 Å². The lowest BCUT2D eigenvalue weighted by Gasteiger charge is -2.14. The maximum absolute atomic E-state index is 13.7. The second-order valence-corrected chi connectivity index (χ2v) is 7.18. The van der Waals surface area contributed by atoms with Gasteiger partial charge in [0, 0.05) is 5.69 Å². The Bertz CT molecular complexity index is 960. The van der Waals surface area contributed by atoms with Crippen molar-refractivity contribution in [2.24, 2.45) is 0 Å². The summed E-state index contributed by atoms with van der Waals surface area (Å²) in [4.78, 5) is 12.5. The molecule has 0 spiro atoms. The standard InChI is InChI=1S/C19H19FN4O2S/c1-12-8-9-14(10-15(12)20)22-18(25)13(2)27-19-23-21-11-24(19)16-6-4-5-7-17(16)26-3/h4-11,13H,1-3H3,(H,22,25). The Balaban J connectivity index is 1.75. The van der Waals surface area contributed by atoms with Crippen molar-refractivity contribution < 1.29 is 13.9 Å². The number of hydrogen-bond acceptors (Lipinski definition) is 5. The van der Waals surface area contributed by atoms with Crippen LogP contribution in [0.5, 0.6) is 5.75 Å². The summed E-state index contributed by atoms with van der Waals surface area (Å²) in [5.74, 6) is 0.0632. The molecule has 0 bridgehead atoms. The van der Waals surface area contributed by atoms with Gasteiger partial charge in [-0.05, 0) is 43.7 Å². The number of hydrogen-bond donors (Lipinski definition) is 1. The number of aryl methyl sites for hydroxylation is 1. The third-order valence-electron chi connectivity index (χ3n) is 3.95. The quantitative estimate of drug-likeness (QED) is 0.652. The van der Waals surface area contributed by atoms with Crippen molar-refractivity contribution in [1.82, 2.24) is 14.8 Å². The maximum atomic E-state index is 13.7. The van der Waals surface area contributed by atoms with Gasteiger partial charge in [0.05, 0.1) is 18.0 Å². The average Bonchev–Trinajstić information content (AvgIpc) is 3.12. The number of ether oxygens (including phenoxy) is 1. The number of benzene rings is 2. The van der Waals surface area contributed by atoms with E-state index in [0.717, 1.165) is 5.69 Å². The van der Waals surface area contributed by atoms with E-state index in [2.05, 4.69) is 15.5 Å². The molecule has 1 heterocycles. The van der Waals surface area contributed by atoms with Crippen LogP contribution in [0.25, 0.3) is 5.69 Å². The number of halogens is 1. The minimum Gasteiger partial charge on any atom is -0.495 e. The molecule has 0 aliphatic carbocycles. The SMILES string of the molecule is COc1ccccc1-n1cnnc1SC(C)C(=O)Nc1ccc(C)c(F)c1. The molecule has 1 N–H and O–H groups in total. The highest BCUT2D eigenvalue weighted by molar-refractivity contribution is 8.00. The van der Waals surface area contributed by atoms with Gasteiger partial charge in [0.2, 0.25) is 5.91 Å². The number of thioether (sulfide) groups is 1. The van der Waals surface area contributed by atoms with E-state index in [1.165, 1.54) is 17.8 Å². The van der Waals surface area contributed by atoms with Gasteiger partial charge in [-0.2, -0.15) is 0 Å². The molecule has 3 aromatic rings. The molecule has 1 unspecified atom stereocenters. The molecule has 2 aromatic carbocycles. The van der Waals surface area contributed by atoms with E-state index in [0.29, 0.717) is 22.2 Å². The van der Waals surface area contributed by atoms with Crippen molar-refractivity contribution in [2.75, 3.05) is 12.4 Å². The van der Waals surface area contributed by atoms with Crippen molar-refractivity contribution in [2.45, 2.75) is 24.3 Å². The highest BCUT2D eigenvalue weighted by atomic mass is 32.2. The summed E-state index contributed by atoms with van der Waals surface area (Å²) >= 11 is 1.25. The van der Waals surface area contributed by atoms with Crippen LogP contribution in [0.4, 0.5) is 10.1 Å². The van der Waals surface area contributed by atoms with Crippen LogP contribution in [0.3, 0.4) is 0 Å². The Labute approximate surface area is 160 Å². The van der Waals surface area contributed by atoms with Gasteiger partial charge in [-0.25, -0.2) is 4.39 Å². The van der Waals surface area contributed by atoms with Crippen LogP contribution in [0.2, 0.25) is 0 Å². The summed E-state index contributed by atoms with van der Waals surface area (Å²) in [6.07, 6.45) is 1.57. The van der Waals surface area contributed by atoms with Crippen LogP contribution < -0.4 is 10.1 Å². The zero-order valence-electron chi connectivity index (χ0n) is 15.1. The summed E-state index contributed by atoms with van der Waals surface area (Å²) in [6, 6.07) is 12.1. The number of carbonyl (C=O) groups excluding carboxylic acids is 1. The van der Waals surface area contributed by atoms with Crippen molar-refractivity contribution in [1.29, 1.82) is 0 Å². The van der Waals surface area contributed by atoms with Gasteiger partial charge in [0.1, 0.15) is 17.9 Å². The summed E-state index contributed by atoms with van der Waals surface area (Å²) in [5.41, 5.74) is 1.72. The largest absolute Gasteiger partial charge is 0.495 e. The molecule has 0 fully saturated rings. The Kier molecular flexibility index (Phi) is 5.75. The number of nitrogens with one attached hydrogen (secondary N) is 1. The molecule has 3 rings (SSSR count). The molecule has 1 aromatic heterocycles. The number of rotatable bonds is 6. The Morgan fingerprint density at radius 3 is 2.81 bits per heavy atom. The number of methoxy groups -OCH3 is 1. The van der Waals surface area contributed by atoms with Crippen molar-refractivity contribution in [3.05, 3.63) is 60.2 Å². The zero-order chi connectivity index (χ0) is 19.4. The Morgan fingerprint density at radius 2 is 2.07 bits per heavy atom. The van der Waals surface area contributed by atoms with Crippen molar-refractivity contribution in [3.63, 3.8) is 0 Å². The summed E-state index contributed by atoms with van der Waals surface area (Å²) in [5, 5.41) is 10.9. The summed E-state index contributed by atoms with van der Waals surface area (Å²) in [6.45, 7) is 3.43. The normalized spacial score (nSPS) is 11.9. The molecule has 0 aliphatic heterocycles. The number of nitrogens with zero attached hydrogens (tertiary/aromatic N) is 3. The van der Waals surface area contributed by atoms with Crippen LogP contribution >= 0.6 is 11.8 Å². The monoisotopic (exact) mass is 386 g/mol. The molecule has 8 heteroatoms. The summed E-state index contributed by atoms with van der Waals surface area (Å²) < 4.78 is 20.8. The molecule has 0 aliphatic rings. The number of aromatic nitrogens is 3. The smallest absolute Gasteiger partial charge is 0.237 e. The van der Waals surface area contributed by atoms with Crippen molar-refractivity contribution >= 4 is 23.4 Å². The molecular weight excluding hydrogens is 367 g/mol. The highest BCUT2D eigenvalue weighted by Gasteiger charge is 2.20. The molecule has 0 saturated carbocycles. The number of para-hydroxylation sites is 2. The van der Waals surface area contributed by atoms with Gasteiger partial charge in [-0.15, -0.1) is 10.2 Å². The van der Waals surface area contributed by atoms with Gasteiger partial charge in [-0.1, -0.05) is 30.0 Å². The van der Waals surface area contributed by atoms with Gasteiger partial charge in [0.25, 0.3) is 0 Å². The van der Waals surface area contributed by atoms with Crippen molar-refractivity contribution in [3.8, 4) is 11.4 Å². The lowest BCUT2D eigenvalue weighted by molar-refractivity contribution is -0.115. The van der Waals surface area contributed by atoms with E-state index < -0.39 is 5.25 Å². The number of anilines is 1. The van der Waals surface area contributed by atoms with Crippen LogP contribution in [0, 0.1) is 12.7 Å². The zero-order valence-corrected chi connectivity index (χ0v) is 16.0. The Morgan fingerprint density at radius 1 is 1.30 bits per heavy atom. The highest BCUT2D eigenvalue weighted by Crippen LogP contribution is 2.29. The van der Waals surface area contributed by atoms with Crippen LogP contribution in [0.15, 0.2) is 53.9 Å². The number of carbonyl (C=O) groups is 1. The average molecular weight is 386 g/mol. The lowest BCUT2D eigenvalue weighted by Crippen LogP contribution is -2.23. The lowest BCUT2D eigenvalue weighted by atomic mass is 10.2. The van der Waals surface area contributed by atoms with Crippen LogP contribution in [-0.2, 0) is 4.79 Å². The molecule has 1 atom stereocenters. The Hall–Kier alpha value is -2.87. The first-order valence-corrected chi connectivity index (χ1v) is 9.14. The second-order valence-electron chi connectivity index (χ2n) is 5.87. The second kappa shape index (κ2) is 8.22. The minimum absolute atomic E-state index is 0.252. The fourth-order valence-electron chi connectivity index (χ4n) is 2.42. The fourth-order valence-corrected chi connectivity index (χ4v) is 3.26.